The first-order valence-corrected chi connectivity index (χ1v) is 22.5. The second kappa shape index (κ2) is 22.1. The van der Waals surface area contributed by atoms with Crippen LogP contribution in [0.25, 0.3) is 0 Å². The van der Waals surface area contributed by atoms with Gasteiger partial charge in [0.1, 0.15) is 42.2 Å². The number of Topliss-reactive ketones (excluding diaryl/α,β-unsaturated/α-hetero) is 1. The fourth-order valence-corrected chi connectivity index (χ4v) is 9.71. The number of rotatable bonds is 12. The summed E-state index contributed by atoms with van der Waals surface area (Å²) in [7, 11) is 5.09. The van der Waals surface area contributed by atoms with Gasteiger partial charge in [0.05, 0.1) is 42.0 Å². The van der Waals surface area contributed by atoms with Gasteiger partial charge < -0.3 is 63.2 Å². The van der Waals surface area contributed by atoms with Gasteiger partial charge in [0.25, 0.3) is 0 Å². The molecule has 1 aromatic rings. The van der Waals surface area contributed by atoms with Crippen molar-refractivity contribution in [3.05, 3.63) is 35.9 Å². The molecule has 1 aromatic carbocycles. The Morgan fingerprint density at radius 1 is 0.875 bits per heavy atom. The van der Waals surface area contributed by atoms with Crippen LogP contribution < -0.4 is 0 Å². The van der Waals surface area contributed by atoms with Gasteiger partial charge in [-0.2, -0.15) is 0 Å². The number of aliphatic hydroxyl groups is 4. The molecule has 17 heteroatoms. The summed E-state index contributed by atoms with van der Waals surface area (Å²) in [4.78, 5) is 55.9. The van der Waals surface area contributed by atoms with E-state index in [2.05, 4.69) is 0 Å². The Hall–Kier alpha value is -3.10. The molecule has 364 valence electrons. The van der Waals surface area contributed by atoms with Gasteiger partial charge in [-0.3, -0.25) is 19.2 Å². The molecule has 17 nitrogen and oxygen atoms in total. The minimum absolute atomic E-state index is 0.0156. The lowest BCUT2D eigenvalue weighted by Crippen LogP contribution is -2.61. The standard InChI is InChI=1S/C47H75NO16/c1-14-33-47(10,56)40(53)27(4)37(51)25(2)22-45(8,55)41(64-44-38(52)32(48(11)12)20-26(3)59-44)28(5)39(29(6)43(54)61-33)63-36-23-46(9,57-13)42(30(7)60-36)62-35(50)21-34(49)58-24-31-18-16-15-17-19-31/h15-19,25-30,32-33,36,38-42,44,52-53,55-56H,14,20-24H2,1-13H3/t25-,26-,27+,28+,29-,30+,32+,33-,36?,38-,39+,40-,41-,42+,44?,45-,46-,47-/m1/s1. The third-order valence-electron chi connectivity index (χ3n) is 13.6. The Morgan fingerprint density at radius 2 is 1.52 bits per heavy atom. The zero-order chi connectivity index (χ0) is 48.1. The molecule has 3 fully saturated rings. The van der Waals surface area contributed by atoms with E-state index in [1.807, 2.05) is 32.0 Å². The molecule has 18 atom stereocenters. The van der Waals surface area contributed by atoms with Gasteiger partial charge in [-0.15, -0.1) is 0 Å². The number of carbonyl (C=O) groups is 4. The van der Waals surface area contributed by atoms with Crippen molar-refractivity contribution in [2.45, 2.75) is 192 Å². The van der Waals surface area contributed by atoms with Crippen LogP contribution in [0, 0.1) is 23.7 Å². The molecule has 0 amide bonds. The van der Waals surface area contributed by atoms with E-state index < -0.39 is 126 Å². The Bertz CT molecular complexity index is 1710. The van der Waals surface area contributed by atoms with Crippen molar-refractivity contribution in [1.82, 2.24) is 4.90 Å². The van der Waals surface area contributed by atoms with Crippen molar-refractivity contribution >= 4 is 23.7 Å². The van der Waals surface area contributed by atoms with Gasteiger partial charge in [0.2, 0.25) is 0 Å². The highest BCUT2D eigenvalue weighted by atomic mass is 16.7. The molecular weight excluding hydrogens is 835 g/mol. The van der Waals surface area contributed by atoms with Gasteiger partial charge in [-0.1, -0.05) is 58.0 Å². The molecule has 0 radical (unpaired) electrons. The van der Waals surface area contributed by atoms with Gasteiger partial charge >= 0.3 is 17.9 Å². The molecule has 3 heterocycles. The number of aliphatic hydroxyl groups excluding tert-OH is 2. The second-order valence-corrected chi connectivity index (χ2v) is 19.3. The molecule has 4 rings (SSSR count). The van der Waals surface area contributed by atoms with Crippen molar-refractivity contribution in [3.63, 3.8) is 0 Å². The largest absolute Gasteiger partial charge is 0.460 e. The number of hydrogen-bond acceptors (Lipinski definition) is 17. The summed E-state index contributed by atoms with van der Waals surface area (Å²) in [5, 5.41) is 47.4. The number of carbonyl (C=O) groups excluding carboxylic acids is 4. The van der Waals surface area contributed by atoms with Crippen LogP contribution >= 0.6 is 0 Å². The fraction of sp³-hybridized carbons (Fsp3) is 0.787. The lowest BCUT2D eigenvalue weighted by Gasteiger charge is -2.49. The van der Waals surface area contributed by atoms with E-state index in [4.69, 9.17) is 37.9 Å². The van der Waals surface area contributed by atoms with E-state index >= 15 is 0 Å². The number of ether oxygens (including phenoxy) is 8. The smallest absolute Gasteiger partial charge is 0.317 e. The van der Waals surface area contributed by atoms with E-state index in [0.29, 0.717) is 6.42 Å². The number of ketones is 1. The van der Waals surface area contributed by atoms with E-state index in [-0.39, 0.29) is 38.0 Å². The molecular formula is C47H75NO16. The first-order chi connectivity index (χ1) is 29.8. The normalized spacial score (nSPS) is 41.8. The molecule has 0 aliphatic carbocycles. The number of esters is 3. The third kappa shape index (κ3) is 12.7. The molecule has 3 saturated heterocycles. The van der Waals surface area contributed by atoms with Crippen molar-refractivity contribution in [3.8, 4) is 0 Å². The van der Waals surface area contributed by atoms with E-state index in [9.17, 15) is 39.6 Å². The maximum Gasteiger partial charge on any atom is 0.317 e. The maximum absolute atomic E-state index is 14.4. The lowest BCUT2D eigenvalue weighted by molar-refractivity contribution is -0.318. The molecule has 0 saturated carbocycles. The van der Waals surface area contributed by atoms with Crippen LogP contribution in [-0.4, -0.2) is 154 Å². The SMILES string of the molecule is CC[C@H]1OC(=O)[C@H](C)[C@@H](OC2C[C@@](C)(OC)[C@@H](OC(=O)CC(=O)OCc3ccccc3)[C@H](C)O2)[C@H](C)[C@@H](OC2O[C@H](C)C[C@H](N(C)C)[C@H]2O)[C@](C)(O)C[C@@H](C)C(=O)[C@H](C)[C@@H](O)[C@]1(C)O. The van der Waals surface area contributed by atoms with Gasteiger partial charge in [-0.05, 0) is 80.5 Å². The van der Waals surface area contributed by atoms with Crippen LogP contribution in [0.2, 0.25) is 0 Å². The average molecular weight is 910 g/mol. The Labute approximate surface area is 378 Å². The molecule has 0 bridgehead atoms. The fourth-order valence-electron chi connectivity index (χ4n) is 9.71. The van der Waals surface area contributed by atoms with Gasteiger partial charge in [0.15, 0.2) is 18.7 Å². The van der Waals surface area contributed by atoms with Gasteiger partial charge in [-0.25, -0.2) is 0 Å². The summed E-state index contributed by atoms with van der Waals surface area (Å²) >= 11 is 0. The van der Waals surface area contributed by atoms with E-state index in [1.54, 1.807) is 65.8 Å². The number of likely N-dealkylation sites (N-methyl/N-ethyl adjacent to an activating group) is 1. The monoisotopic (exact) mass is 910 g/mol. The summed E-state index contributed by atoms with van der Waals surface area (Å²) < 4.78 is 49.0. The topological polar surface area (TPSA) is 226 Å². The zero-order valence-electron chi connectivity index (χ0n) is 39.9. The molecule has 2 unspecified atom stereocenters. The summed E-state index contributed by atoms with van der Waals surface area (Å²) in [6, 6.07) is 8.65. The van der Waals surface area contributed by atoms with Crippen molar-refractivity contribution in [2.75, 3.05) is 21.2 Å². The Balaban J connectivity index is 1.70. The molecule has 4 N–H and O–H groups in total. The van der Waals surface area contributed by atoms with E-state index in [0.717, 1.165) is 5.56 Å². The maximum atomic E-state index is 14.4. The Kier molecular flexibility index (Phi) is 18.5. The predicted octanol–water partition coefficient (Wildman–Crippen LogP) is 3.47. The molecule has 0 spiro atoms. The van der Waals surface area contributed by atoms with Crippen LogP contribution in [0.5, 0.6) is 0 Å². The summed E-state index contributed by atoms with van der Waals surface area (Å²) in [5.41, 5.74) is -4.43. The highest BCUT2D eigenvalue weighted by Gasteiger charge is 2.54. The lowest BCUT2D eigenvalue weighted by atomic mass is 9.74. The molecule has 3 aliphatic heterocycles. The summed E-state index contributed by atoms with van der Waals surface area (Å²) in [5.74, 6) is -7.00. The number of cyclic esters (lactones) is 1. The van der Waals surface area contributed by atoms with Crippen molar-refractivity contribution in [2.24, 2.45) is 23.7 Å². The zero-order valence-corrected chi connectivity index (χ0v) is 39.9. The number of nitrogens with zero attached hydrogens (tertiary/aromatic N) is 1. The van der Waals surface area contributed by atoms with E-state index in [1.165, 1.54) is 27.9 Å². The summed E-state index contributed by atoms with van der Waals surface area (Å²) in [6.07, 6.45) is -11.5. The quantitative estimate of drug-likeness (QED) is 0.134. The van der Waals surface area contributed by atoms with Gasteiger partial charge in [0, 0.05) is 37.3 Å². The Morgan fingerprint density at radius 3 is 2.11 bits per heavy atom. The first kappa shape index (κ1) is 53.5. The van der Waals surface area contributed by atoms with Crippen LogP contribution in [0.3, 0.4) is 0 Å². The average Bonchev–Trinajstić information content (AvgIpc) is 3.23. The van der Waals surface area contributed by atoms with Crippen molar-refractivity contribution < 1.29 is 77.5 Å². The van der Waals surface area contributed by atoms with Crippen LogP contribution in [-0.2, 0) is 63.7 Å². The highest BCUT2D eigenvalue weighted by molar-refractivity contribution is 5.91. The molecule has 3 aliphatic rings. The number of benzene rings is 1. The second-order valence-electron chi connectivity index (χ2n) is 19.3. The molecule has 0 aromatic heterocycles. The van der Waals surface area contributed by atoms with Crippen molar-refractivity contribution in [1.29, 1.82) is 0 Å². The number of hydrogen-bond donors (Lipinski definition) is 4. The van der Waals surface area contributed by atoms with Crippen LogP contribution in [0.4, 0.5) is 0 Å². The number of methoxy groups -OCH3 is 1. The summed E-state index contributed by atoms with van der Waals surface area (Å²) in [6.45, 7) is 16.0. The van der Waals surface area contributed by atoms with Crippen LogP contribution in [0.15, 0.2) is 30.3 Å². The minimum Gasteiger partial charge on any atom is -0.460 e. The highest BCUT2D eigenvalue weighted by Crippen LogP contribution is 2.41. The molecule has 64 heavy (non-hydrogen) atoms. The first-order valence-electron chi connectivity index (χ1n) is 22.5. The minimum atomic E-state index is -2.05. The van der Waals surface area contributed by atoms with Crippen LogP contribution in [0.1, 0.15) is 107 Å². The predicted molar refractivity (Wildman–Crippen MR) is 231 cm³/mol. The third-order valence-corrected chi connectivity index (χ3v) is 13.6.